The third kappa shape index (κ3) is 2.06. The first-order valence-electron chi connectivity index (χ1n) is 6.49. The fraction of sp³-hybridized carbons (Fsp3) is 0.538. The molecule has 18 heavy (non-hydrogen) atoms. The Balaban J connectivity index is 1.78. The van der Waals surface area contributed by atoms with Gasteiger partial charge in [-0.2, -0.15) is 5.10 Å². The van der Waals surface area contributed by atoms with Gasteiger partial charge in [0.2, 0.25) is 0 Å². The van der Waals surface area contributed by atoms with Crippen LogP contribution >= 0.6 is 0 Å². The van der Waals surface area contributed by atoms with Crippen LogP contribution in [0.15, 0.2) is 18.5 Å². The number of aryl methyl sites for hydroxylation is 1. The largest absolute Gasteiger partial charge is 0.367 e. The summed E-state index contributed by atoms with van der Waals surface area (Å²) in [6, 6.07) is 2.68. The normalized spacial score (nSPS) is 20.7. The number of likely N-dealkylation sites (tertiary alicyclic amines) is 1. The van der Waals surface area contributed by atoms with Crippen molar-refractivity contribution in [3.8, 4) is 0 Å². The van der Waals surface area contributed by atoms with Gasteiger partial charge in [0, 0.05) is 25.0 Å². The summed E-state index contributed by atoms with van der Waals surface area (Å²) < 4.78 is 1.88. The Hall–Kier alpha value is -1.62. The number of likely N-dealkylation sites (N-methyl/N-ethyl adjacent to an activating group) is 1. The molecular formula is C13H19N5. The highest BCUT2D eigenvalue weighted by molar-refractivity contribution is 5.67. The maximum absolute atomic E-state index is 4.42. The molecule has 1 aliphatic heterocycles. The molecule has 2 aromatic rings. The summed E-state index contributed by atoms with van der Waals surface area (Å²) in [7, 11) is 2.19. The molecule has 2 aromatic heterocycles. The van der Waals surface area contributed by atoms with E-state index in [4.69, 9.17) is 0 Å². The minimum atomic E-state index is 0.621. The van der Waals surface area contributed by atoms with Crippen LogP contribution in [0.4, 0.5) is 5.82 Å². The van der Waals surface area contributed by atoms with Crippen molar-refractivity contribution in [2.45, 2.75) is 25.8 Å². The van der Waals surface area contributed by atoms with Gasteiger partial charge in [-0.25, -0.2) is 9.50 Å². The predicted octanol–water partition coefficient (Wildman–Crippen LogP) is 1.54. The number of nitrogens with zero attached hydrogens (tertiary/aromatic N) is 4. The van der Waals surface area contributed by atoms with Crippen LogP contribution in [0, 0.1) is 6.92 Å². The summed E-state index contributed by atoms with van der Waals surface area (Å²) in [6.07, 6.45) is 6.24. The van der Waals surface area contributed by atoms with Crippen molar-refractivity contribution in [1.82, 2.24) is 19.5 Å². The van der Waals surface area contributed by atoms with E-state index in [1.807, 2.05) is 17.6 Å². The molecule has 0 aromatic carbocycles. The highest BCUT2D eigenvalue weighted by Crippen LogP contribution is 2.18. The first-order chi connectivity index (χ1) is 8.74. The lowest BCUT2D eigenvalue weighted by molar-refractivity contribution is 0.322. The molecule has 1 N–H and O–H groups in total. The van der Waals surface area contributed by atoms with Crippen LogP contribution in [-0.2, 0) is 0 Å². The quantitative estimate of drug-likeness (QED) is 0.891. The molecule has 1 atom stereocenters. The second-order valence-electron chi connectivity index (χ2n) is 5.05. The summed E-state index contributed by atoms with van der Waals surface area (Å²) in [4.78, 5) is 6.83. The monoisotopic (exact) mass is 245 g/mol. The van der Waals surface area contributed by atoms with Crippen LogP contribution in [0.25, 0.3) is 5.52 Å². The van der Waals surface area contributed by atoms with Crippen LogP contribution < -0.4 is 5.32 Å². The number of rotatable bonds is 3. The first kappa shape index (κ1) is 11.5. The van der Waals surface area contributed by atoms with Gasteiger partial charge in [-0.05, 0) is 39.4 Å². The van der Waals surface area contributed by atoms with Crippen molar-refractivity contribution in [1.29, 1.82) is 0 Å². The van der Waals surface area contributed by atoms with Gasteiger partial charge in [-0.3, -0.25) is 0 Å². The molecule has 1 saturated heterocycles. The Morgan fingerprint density at radius 2 is 2.39 bits per heavy atom. The van der Waals surface area contributed by atoms with Crippen molar-refractivity contribution in [3.63, 3.8) is 0 Å². The molecule has 5 heteroatoms. The smallest absolute Gasteiger partial charge is 0.152 e. The van der Waals surface area contributed by atoms with Crippen LogP contribution in [0.2, 0.25) is 0 Å². The molecule has 96 valence electrons. The summed E-state index contributed by atoms with van der Waals surface area (Å²) in [5, 5.41) is 7.85. The van der Waals surface area contributed by atoms with E-state index in [1.165, 1.54) is 19.4 Å². The van der Waals surface area contributed by atoms with E-state index < -0.39 is 0 Å². The summed E-state index contributed by atoms with van der Waals surface area (Å²) in [5.41, 5.74) is 2.07. The average molecular weight is 245 g/mol. The van der Waals surface area contributed by atoms with Gasteiger partial charge in [0.05, 0.1) is 5.69 Å². The SMILES string of the molecule is Cc1cc2c(NCC3CCCN3C)nccn2n1. The number of fused-ring (bicyclic) bond motifs is 1. The van der Waals surface area contributed by atoms with Crippen LogP contribution in [0.1, 0.15) is 18.5 Å². The second-order valence-corrected chi connectivity index (χ2v) is 5.05. The van der Waals surface area contributed by atoms with E-state index in [1.54, 1.807) is 6.20 Å². The molecule has 1 aliphatic rings. The predicted molar refractivity (Wildman–Crippen MR) is 71.9 cm³/mol. The topological polar surface area (TPSA) is 45.5 Å². The lowest BCUT2D eigenvalue weighted by atomic mass is 10.2. The van der Waals surface area contributed by atoms with Gasteiger partial charge in [0.1, 0.15) is 5.52 Å². The van der Waals surface area contributed by atoms with Crippen LogP contribution in [0.3, 0.4) is 0 Å². The van der Waals surface area contributed by atoms with Crippen molar-refractivity contribution in [2.24, 2.45) is 0 Å². The number of nitrogens with one attached hydrogen (secondary N) is 1. The molecule has 5 nitrogen and oxygen atoms in total. The minimum absolute atomic E-state index is 0.621. The third-order valence-electron chi connectivity index (χ3n) is 3.69. The zero-order valence-corrected chi connectivity index (χ0v) is 10.9. The Kier molecular flexibility index (Phi) is 2.91. The molecule has 0 radical (unpaired) electrons. The molecule has 0 aliphatic carbocycles. The summed E-state index contributed by atoms with van der Waals surface area (Å²) in [5.74, 6) is 0.929. The van der Waals surface area contributed by atoms with Crippen molar-refractivity contribution >= 4 is 11.3 Å². The van der Waals surface area contributed by atoms with E-state index in [2.05, 4.69) is 33.4 Å². The van der Waals surface area contributed by atoms with Gasteiger partial charge >= 0.3 is 0 Å². The Morgan fingerprint density at radius 1 is 1.50 bits per heavy atom. The standard InChI is InChI=1S/C13H19N5/c1-10-8-12-13(14-5-7-18(12)16-10)15-9-11-4-3-6-17(11)2/h5,7-8,11H,3-4,6,9H2,1-2H3,(H,14,15). The Morgan fingerprint density at radius 3 is 3.17 bits per heavy atom. The Labute approximate surface area is 107 Å². The molecule has 0 amide bonds. The maximum atomic E-state index is 4.42. The average Bonchev–Trinajstić information content (AvgIpc) is 2.91. The number of anilines is 1. The van der Waals surface area contributed by atoms with E-state index in [0.717, 1.165) is 23.6 Å². The number of hydrogen-bond donors (Lipinski definition) is 1. The van der Waals surface area contributed by atoms with Crippen molar-refractivity contribution < 1.29 is 0 Å². The zero-order chi connectivity index (χ0) is 12.5. The molecule has 0 saturated carbocycles. The van der Waals surface area contributed by atoms with Gasteiger partial charge in [-0.15, -0.1) is 0 Å². The van der Waals surface area contributed by atoms with E-state index in [9.17, 15) is 0 Å². The van der Waals surface area contributed by atoms with Crippen molar-refractivity contribution in [3.05, 3.63) is 24.2 Å². The summed E-state index contributed by atoms with van der Waals surface area (Å²) in [6.45, 7) is 4.16. The van der Waals surface area contributed by atoms with E-state index >= 15 is 0 Å². The minimum Gasteiger partial charge on any atom is -0.367 e. The van der Waals surface area contributed by atoms with Crippen LogP contribution in [0.5, 0.6) is 0 Å². The van der Waals surface area contributed by atoms with Gasteiger partial charge < -0.3 is 10.2 Å². The first-order valence-corrected chi connectivity index (χ1v) is 6.49. The highest BCUT2D eigenvalue weighted by Gasteiger charge is 2.20. The van der Waals surface area contributed by atoms with E-state index in [0.29, 0.717) is 6.04 Å². The lowest BCUT2D eigenvalue weighted by Gasteiger charge is -2.20. The van der Waals surface area contributed by atoms with Crippen molar-refractivity contribution in [2.75, 3.05) is 25.5 Å². The Bertz CT molecular complexity index is 547. The summed E-state index contributed by atoms with van der Waals surface area (Å²) >= 11 is 0. The molecular weight excluding hydrogens is 226 g/mol. The van der Waals surface area contributed by atoms with Gasteiger partial charge in [0.15, 0.2) is 5.82 Å². The fourth-order valence-corrected chi connectivity index (χ4v) is 2.63. The molecule has 0 spiro atoms. The third-order valence-corrected chi connectivity index (χ3v) is 3.69. The number of hydrogen-bond acceptors (Lipinski definition) is 4. The maximum Gasteiger partial charge on any atom is 0.152 e. The molecule has 3 rings (SSSR count). The molecule has 0 bridgehead atoms. The molecule has 1 fully saturated rings. The zero-order valence-electron chi connectivity index (χ0n) is 10.9. The lowest BCUT2D eigenvalue weighted by Crippen LogP contribution is -2.31. The van der Waals surface area contributed by atoms with Gasteiger partial charge in [-0.1, -0.05) is 0 Å². The molecule has 3 heterocycles. The molecule has 1 unspecified atom stereocenters. The number of aromatic nitrogens is 3. The van der Waals surface area contributed by atoms with Gasteiger partial charge in [0.25, 0.3) is 0 Å². The fourth-order valence-electron chi connectivity index (χ4n) is 2.63. The van der Waals surface area contributed by atoms with Crippen LogP contribution in [-0.4, -0.2) is 45.7 Å². The highest BCUT2D eigenvalue weighted by atomic mass is 15.2. The second kappa shape index (κ2) is 4.57. The van der Waals surface area contributed by atoms with E-state index in [-0.39, 0.29) is 0 Å².